The summed E-state index contributed by atoms with van der Waals surface area (Å²) in [6.45, 7) is 2.91. The summed E-state index contributed by atoms with van der Waals surface area (Å²) in [4.78, 5) is 29.5. The number of hydrogen-bond donors (Lipinski definition) is 1. The van der Waals surface area contributed by atoms with E-state index in [9.17, 15) is 22.4 Å². The number of rotatable bonds is 11. The number of nitrogens with zero attached hydrogens (tertiary/aromatic N) is 2. The summed E-state index contributed by atoms with van der Waals surface area (Å²) in [5.41, 5.74) is 3.00. The van der Waals surface area contributed by atoms with Crippen molar-refractivity contribution in [3.8, 4) is 0 Å². The van der Waals surface area contributed by atoms with Crippen molar-refractivity contribution in [2.75, 3.05) is 17.1 Å². The summed E-state index contributed by atoms with van der Waals surface area (Å²) >= 11 is 0. The number of halogens is 1. The van der Waals surface area contributed by atoms with E-state index in [1.807, 2.05) is 43.3 Å². The lowest BCUT2D eigenvalue weighted by molar-refractivity contribution is -0.140. The zero-order valence-corrected chi connectivity index (χ0v) is 25.4. The summed E-state index contributed by atoms with van der Waals surface area (Å²) in [6.07, 6.45) is 6.13. The van der Waals surface area contributed by atoms with E-state index in [0.717, 1.165) is 53.8 Å². The van der Waals surface area contributed by atoms with Crippen molar-refractivity contribution >= 4 is 27.5 Å². The summed E-state index contributed by atoms with van der Waals surface area (Å²) in [5.74, 6) is -1.42. The average molecular weight is 594 g/mol. The van der Waals surface area contributed by atoms with E-state index in [2.05, 4.69) is 5.32 Å². The number of sulfonamides is 1. The van der Waals surface area contributed by atoms with Gasteiger partial charge in [0, 0.05) is 24.6 Å². The summed E-state index contributed by atoms with van der Waals surface area (Å²) in [7, 11) is -3.88. The minimum atomic E-state index is -3.88. The van der Waals surface area contributed by atoms with Crippen molar-refractivity contribution in [3.63, 3.8) is 0 Å². The van der Waals surface area contributed by atoms with Gasteiger partial charge in [-0.05, 0) is 55.5 Å². The number of benzene rings is 3. The third kappa shape index (κ3) is 8.18. The molecule has 1 N–H and O–H groups in total. The Morgan fingerprint density at radius 3 is 2.29 bits per heavy atom. The van der Waals surface area contributed by atoms with Gasteiger partial charge in [0.1, 0.15) is 18.4 Å². The number of anilines is 1. The number of amides is 2. The summed E-state index contributed by atoms with van der Waals surface area (Å²) in [5, 5.41) is 3.15. The maximum absolute atomic E-state index is 14.9. The van der Waals surface area contributed by atoms with Crippen LogP contribution in [0.1, 0.15) is 54.4 Å². The fraction of sp³-hybridized carbons (Fsp3) is 0.394. The minimum Gasteiger partial charge on any atom is -0.352 e. The molecule has 0 saturated heterocycles. The Morgan fingerprint density at radius 2 is 1.62 bits per heavy atom. The number of carbonyl (C=O) groups is 2. The fourth-order valence-electron chi connectivity index (χ4n) is 5.49. The maximum Gasteiger partial charge on any atom is 0.244 e. The Morgan fingerprint density at radius 1 is 0.952 bits per heavy atom. The summed E-state index contributed by atoms with van der Waals surface area (Å²) in [6, 6.07) is 19.9. The van der Waals surface area contributed by atoms with Gasteiger partial charge in [0.05, 0.1) is 11.9 Å². The van der Waals surface area contributed by atoms with E-state index in [1.54, 1.807) is 37.3 Å². The maximum atomic E-state index is 14.9. The van der Waals surface area contributed by atoms with Crippen molar-refractivity contribution in [1.29, 1.82) is 0 Å². The Bertz CT molecular complexity index is 1490. The van der Waals surface area contributed by atoms with Crippen LogP contribution in [0.25, 0.3) is 0 Å². The highest BCUT2D eigenvalue weighted by Gasteiger charge is 2.34. The van der Waals surface area contributed by atoms with E-state index in [4.69, 9.17) is 0 Å². The van der Waals surface area contributed by atoms with Gasteiger partial charge in [0.25, 0.3) is 0 Å². The largest absolute Gasteiger partial charge is 0.352 e. The predicted molar refractivity (Wildman–Crippen MR) is 164 cm³/mol. The molecule has 0 spiro atoms. The first-order valence-electron chi connectivity index (χ1n) is 14.4. The van der Waals surface area contributed by atoms with Crippen LogP contribution in [-0.2, 0) is 32.6 Å². The molecule has 0 aromatic heterocycles. The van der Waals surface area contributed by atoms with Crippen LogP contribution >= 0.6 is 0 Å². The second-order valence-electron chi connectivity index (χ2n) is 11.2. The van der Waals surface area contributed by atoms with Crippen molar-refractivity contribution in [1.82, 2.24) is 10.2 Å². The monoisotopic (exact) mass is 593 g/mol. The van der Waals surface area contributed by atoms with Crippen LogP contribution in [0.15, 0.2) is 72.8 Å². The molecule has 224 valence electrons. The molecule has 1 saturated carbocycles. The van der Waals surface area contributed by atoms with E-state index >= 15 is 0 Å². The van der Waals surface area contributed by atoms with Gasteiger partial charge in [-0.3, -0.25) is 13.9 Å². The second-order valence-corrected chi connectivity index (χ2v) is 13.1. The third-order valence-electron chi connectivity index (χ3n) is 7.83. The molecule has 1 aliphatic rings. The second kappa shape index (κ2) is 14.0. The first-order valence-corrected chi connectivity index (χ1v) is 16.3. The van der Waals surface area contributed by atoms with Gasteiger partial charge < -0.3 is 10.2 Å². The van der Waals surface area contributed by atoms with Gasteiger partial charge >= 0.3 is 0 Å². The van der Waals surface area contributed by atoms with Crippen molar-refractivity contribution in [3.05, 3.63) is 101 Å². The number of nitrogens with one attached hydrogen (secondary N) is 1. The molecule has 1 atom stereocenters. The quantitative estimate of drug-likeness (QED) is 0.327. The Labute approximate surface area is 248 Å². The highest BCUT2D eigenvalue weighted by atomic mass is 32.2. The van der Waals surface area contributed by atoms with E-state index in [-0.39, 0.29) is 30.5 Å². The topological polar surface area (TPSA) is 86.8 Å². The Kier molecular flexibility index (Phi) is 10.4. The lowest BCUT2D eigenvalue weighted by atomic mass is 9.94. The molecule has 0 radical (unpaired) electrons. The lowest BCUT2D eigenvalue weighted by Gasteiger charge is -2.35. The molecule has 4 rings (SSSR count). The first-order chi connectivity index (χ1) is 20.0. The number of hydrogen-bond acceptors (Lipinski definition) is 4. The summed E-state index contributed by atoms with van der Waals surface area (Å²) < 4.78 is 42.1. The van der Waals surface area contributed by atoms with Gasteiger partial charge in [-0.25, -0.2) is 12.8 Å². The molecule has 9 heteroatoms. The SMILES string of the molecule is Cc1ccc(C)c(N(CC(=O)N(Cc2ccccc2F)[C@@H](Cc2ccccc2)C(=O)NC2CCCCC2)S(C)(=O)=O)c1. The number of carbonyl (C=O) groups excluding carboxylic acids is 2. The van der Waals surface area contributed by atoms with Crippen LogP contribution in [0.4, 0.5) is 10.1 Å². The molecule has 7 nitrogen and oxygen atoms in total. The van der Waals surface area contributed by atoms with Crippen molar-refractivity contribution < 1.29 is 22.4 Å². The standard InChI is InChI=1S/C33H40FN3O4S/c1-24-18-19-25(2)30(20-24)37(42(3,40)41)23-32(38)36(22-27-14-10-11-17-29(27)34)31(21-26-12-6-4-7-13-26)33(39)35-28-15-8-5-9-16-28/h4,6-7,10-14,17-20,28,31H,5,8-9,15-16,21-23H2,1-3H3,(H,35,39)/t31-/m0/s1. The zero-order chi connectivity index (χ0) is 30.3. The molecule has 1 aliphatic carbocycles. The van der Waals surface area contributed by atoms with Crippen LogP contribution in [-0.4, -0.2) is 50.0 Å². The van der Waals surface area contributed by atoms with Gasteiger partial charge in [-0.2, -0.15) is 0 Å². The van der Waals surface area contributed by atoms with Gasteiger partial charge in [0.15, 0.2) is 0 Å². The molecule has 2 amide bonds. The smallest absolute Gasteiger partial charge is 0.244 e. The molecular formula is C33H40FN3O4S. The average Bonchev–Trinajstić information content (AvgIpc) is 2.96. The Hall–Kier alpha value is -3.72. The highest BCUT2D eigenvalue weighted by molar-refractivity contribution is 7.92. The molecule has 0 unspecified atom stereocenters. The fourth-order valence-corrected chi connectivity index (χ4v) is 6.39. The van der Waals surface area contributed by atoms with Crippen LogP contribution in [0, 0.1) is 19.7 Å². The van der Waals surface area contributed by atoms with E-state index in [1.165, 1.54) is 11.0 Å². The van der Waals surface area contributed by atoms with Crippen LogP contribution in [0.3, 0.4) is 0 Å². The molecule has 0 bridgehead atoms. The van der Waals surface area contributed by atoms with Crippen LogP contribution in [0.5, 0.6) is 0 Å². The highest BCUT2D eigenvalue weighted by Crippen LogP contribution is 2.26. The Balaban J connectivity index is 1.75. The van der Waals surface area contributed by atoms with Gasteiger partial charge in [-0.1, -0.05) is 79.9 Å². The van der Waals surface area contributed by atoms with Gasteiger partial charge in [0.2, 0.25) is 21.8 Å². The van der Waals surface area contributed by atoms with Gasteiger partial charge in [-0.15, -0.1) is 0 Å². The zero-order valence-electron chi connectivity index (χ0n) is 24.6. The van der Waals surface area contributed by atoms with E-state index in [0.29, 0.717) is 11.3 Å². The molecule has 3 aromatic rings. The molecule has 1 fully saturated rings. The van der Waals surface area contributed by atoms with Crippen molar-refractivity contribution in [2.45, 2.75) is 71.0 Å². The number of aryl methyl sites for hydroxylation is 2. The van der Waals surface area contributed by atoms with E-state index < -0.39 is 34.3 Å². The lowest BCUT2D eigenvalue weighted by Crippen LogP contribution is -2.55. The van der Waals surface area contributed by atoms with Crippen molar-refractivity contribution in [2.24, 2.45) is 0 Å². The normalized spacial score (nSPS) is 14.7. The predicted octanol–water partition coefficient (Wildman–Crippen LogP) is 5.30. The molecule has 0 heterocycles. The molecule has 42 heavy (non-hydrogen) atoms. The van der Waals surface area contributed by atoms with Crippen LogP contribution < -0.4 is 9.62 Å². The minimum absolute atomic E-state index is 0.00241. The molecular weight excluding hydrogens is 553 g/mol. The van der Waals surface area contributed by atoms with Crippen LogP contribution in [0.2, 0.25) is 0 Å². The first kappa shape index (κ1) is 31.2. The molecule has 0 aliphatic heterocycles. The molecule has 3 aromatic carbocycles. The third-order valence-corrected chi connectivity index (χ3v) is 8.96.